The molecular weight excluding hydrogens is 303 g/mol. The van der Waals surface area contributed by atoms with E-state index in [1.54, 1.807) is 48.5 Å². The van der Waals surface area contributed by atoms with E-state index in [-0.39, 0.29) is 5.78 Å². The van der Waals surface area contributed by atoms with Gasteiger partial charge in [0.05, 0.1) is 0 Å². The Hall–Kier alpha value is -1.28. The van der Waals surface area contributed by atoms with Gasteiger partial charge in [0.1, 0.15) is 0 Å². The van der Waals surface area contributed by atoms with E-state index in [9.17, 15) is 4.79 Å². The fourth-order valence-electron chi connectivity index (χ4n) is 1.54. The van der Waals surface area contributed by atoms with Crippen molar-refractivity contribution in [1.29, 1.82) is 0 Å². The molecule has 0 aliphatic rings. The summed E-state index contributed by atoms with van der Waals surface area (Å²) in [6.45, 7) is 0. The molecule has 4 heteroatoms. The quantitative estimate of drug-likeness (QED) is 0.537. The maximum absolute atomic E-state index is 11.9. The van der Waals surface area contributed by atoms with E-state index in [1.165, 1.54) is 6.08 Å². The maximum atomic E-state index is 11.9. The minimum atomic E-state index is -0.132. The molecule has 0 fully saturated rings. The van der Waals surface area contributed by atoms with Crippen LogP contribution in [0.5, 0.6) is 0 Å². The highest BCUT2D eigenvalue weighted by molar-refractivity contribution is 6.37. The number of ketones is 1. The van der Waals surface area contributed by atoms with Crippen LogP contribution in [0.3, 0.4) is 0 Å². The number of benzene rings is 2. The Labute approximate surface area is 126 Å². The zero-order chi connectivity index (χ0) is 13.8. The summed E-state index contributed by atoms with van der Waals surface area (Å²) in [4.78, 5) is 11.9. The van der Waals surface area contributed by atoms with Gasteiger partial charge in [-0.2, -0.15) is 0 Å². The van der Waals surface area contributed by atoms with Gasteiger partial charge in [0.2, 0.25) is 0 Å². The van der Waals surface area contributed by atoms with Gasteiger partial charge in [-0.05, 0) is 48.6 Å². The molecule has 2 rings (SSSR count). The SMILES string of the molecule is O=C(/C=C/c1c(Cl)cccc1Cl)c1ccc(Cl)cc1. The Bertz CT molecular complexity index is 610. The lowest BCUT2D eigenvalue weighted by Gasteiger charge is -2.01. The first-order valence-corrected chi connectivity index (χ1v) is 6.63. The number of rotatable bonds is 3. The van der Waals surface area contributed by atoms with Gasteiger partial charge >= 0.3 is 0 Å². The van der Waals surface area contributed by atoms with E-state index in [1.807, 2.05) is 0 Å². The van der Waals surface area contributed by atoms with E-state index in [0.29, 0.717) is 26.2 Å². The second-order valence-electron chi connectivity index (χ2n) is 3.84. The van der Waals surface area contributed by atoms with Crippen molar-refractivity contribution in [1.82, 2.24) is 0 Å². The zero-order valence-corrected chi connectivity index (χ0v) is 12.0. The van der Waals surface area contributed by atoms with Crippen LogP contribution in [0, 0.1) is 0 Å². The van der Waals surface area contributed by atoms with E-state index in [4.69, 9.17) is 34.8 Å². The van der Waals surface area contributed by atoms with E-state index >= 15 is 0 Å². The smallest absolute Gasteiger partial charge is 0.185 e. The lowest BCUT2D eigenvalue weighted by atomic mass is 10.1. The molecule has 0 aliphatic carbocycles. The molecule has 1 nitrogen and oxygen atoms in total. The fourth-order valence-corrected chi connectivity index (χ4v) is 2.19. The number of carbonyl (C=O) groups excluding carboxylic acids is 1. The predicted molar refractivity (Wildman–Crippen MR) is 81.3 cm³/mol. The van der Waals surface area contributed by atoms with Crippen molar-refractivity contribution >= 4 is 46.7 Å². The average Bonchev–Trinajstić information content (AvgIpc) is 2.38. The second kappa shape index (κ2) is 6.25. The molecule has 96 valence electrons. The van der Waals surface area contributed by atoms with Gasteiger partial charge in [-0.15, -0.1) is 0 Å². The maximum Gasteiger partial charge on any atom is 0.185 e. The molecule has 0 atom stereocenters. The molecule has 2 aromatic rings. The number of hydrogen-bond acceptors (Lipinski definition) is 1. The monoisotopic (exact) mass is 310 g/mol. The third kappa shape index (κ3) is 3.60. The topological polar surface area (TPSA) is 17.1 Å². The molecule has 0 unspecified atom stereocenters. The third-order valence-corrected chi connectivity index (χ3v) is 3.44. The van der Waals surface area contributed by atoms with Crippen LogP contribution in [0.25, 0.3) is 6.08 Å². The van der Waals surface area contributed by atoms with E-state index in [0.717, 1.165) is 0 Å². The minimum Gasteiger partial charge on any atom is -0.289 e. The molecule has 0 amide bonds. The molecule has 0 bridgehead atoms. The summed E-state index contributed by atoms with van der Waals surface area (Å²) in [5, 5.41) is 1.61. The molecule has 19 heavy (non-hydrogen) atoms. The fraction of sp³-hybridized carbons (Fsp3) is 0. The highest BCUT2D eigenvalue weighted by atomic mass is 35.5. The Kier molecular flexibility index (Phi) is 4.65. The zero-order valence-electron chi connectivity index (χ0n) is 9.74. The minimum absolute atomic E-state index is 0.132. The number of carbonyl (C=O) groups is 1. The summed E-state index contributed by atoms with van der Waals surface area (Å²) in [5.74, 6) is -0.132. The lowest BCUT2D eigenvalue weighted by molar-refractivity contribution is 0.104. The molecule has 0 saturated carbocycles. The van der Waals surface area contributed by atoms with Crippen LogP contribution < -0.4 is 0 Å². The van der Waals surface area contributed by atoms with Crippen LogP contribution in [0.2, 0.25) is 15.1 Å². The van der Waals surface area contributed by atoms with Gasteiger partial charge in [0.15, 0.2) is 5.78 Å². The van der Waals surface area contributed by atoms with Crippen molar-refractivity contribution in [2.45, 2.75) is 0 Å². The van der Waals surface area contributed by atoms with Crippen LogP contribution in [0.15, 0.2) is 48.5 Å². The van der Waals surface area contributed by atoms with Crippen LogP contribution in [-0.4, -0.2) is 5.78 Å². The van der Waals surface area contributed by atoms with Gasteiger partial charge in [0.25, 0.3) is 0 Å². The summed E-state index contributed by atoms with van der Waals surface area (Å²) in [5.41, 5.74) is 1.19. The summed E-state index contributed by atoms with van der Waals surface area (Å²) in [6, 6.07) is 11.9. The van der Waals surface area contributed by atoms with E-state index in [2.05, 4.69) is 0 Å². The van der Waals surface area contributed by atoms with E-state index < -0.39 is 0 Å². The highest BCUT2D eigenvalue weighted by Gasteiger charge is 2.04. The molecule has 0 aliphatic heterocycles. The highest BCUT2D eigenvalue weighted by Crippen LogP contribution is 2.25. The summed E-state index contributed by atoms with van der Waals surface area (Å²) >= 11 is 17.8. The second-order valence-corrected chi connectivity index (χ2v) is 5.09. The van der Waals surface area contributed by atoms with Crippen molar-refractivity contribution in [3.63, 3.8) is 0 Å². The largest absolute Gasteiger partial charge is 0.289 e. The van der Waals surface area contributed by atoms with Crippen molar-refractivity contribution in [2.24, 2.45) is 0 Å². The van der Waals surface area contributed by atoms with Gasteiger partial charge in [-0.1, -0.05) is 40.9 Å². The molecule has 0 saturated heterocycles. The molecular formula is C15H9Cl3O. The van der Waals surface area contributed by atoms with Crippen LogP contribution >= 0.6 is 34.8 Å². The van der Waals surface area contributed by atoms with Crippen molar-refractivity contribution in [3.05, 3.63) is 74.7 Å². The van der Waals surface area contributed by atoms with Crippen molar-refractivity contribution in [3.8, 4) is 0 Å². The number of halogens is 3. The Balaban J connectivity index is 2.23. The average molecular weight is 312 g/mol. The van der Waals surface area contributed by atoms with Gasteiger partial charge in [0, 0.05) is 26.2 Å². The Morgan fingerprint density at radius 1 is 0.895 bits per heavy atom. The molecule has 0 radical (unpaired) electrons. The first-order chi connectivity index (χ1) is 9.08. The molecule has 2 aromatic carbocycles. The number of allylic oxidation sites excluding steroid dienone is 1. The molecule has 0 heterocycles. The summed E-state index contributed by atoms with van der Waals surface area (Å²) < 4.78 is 0. The van der Waals surface area contributed by atoms with Crippen molar-refractivity contribution < 1.29 is 4.79 Å². The summed E-state index contributed by atoms with van der Waals surface area (Å²) in [7, 11) is 0. The van der Waals surface area contributed by atoms with Crippen molar-refractivity contribution in [2.75, 3.05) is 0 Å². The standard InChI is InChI=1S/C15H9Cl3O/c16-11-6-4-10(5-7-11)15(19)9-8-12-13(17)2-1-3-14(12)18/h1-9H/b9-8+. The third-order valence-electron chi connectivity index (χ3n) is 2.53. The Morgan fingerprint density at radius 2 is 1.47 bits per heavy atom. The predicted octanol–water partition coefficient (Wildman–Crippen LogP) is 5.54. The first kappa shape index (κ1) is 14.1. The van der Waals surface area contributed by atoms with Gasteiger partial charge in [-0.3, -0.25) is 4.79 Å². The Morgan fingerprint density at radius 3 is 2.05 bits per heavy atom. The molecule has 0 N–H and O–H groups in total. The van der Waals surface area contributed by atoms with Crippen LogP contribution in [-0.2, 0) is 0 Å². The molecule has 0 spiro atoms. The lowest BCUT2D eigenvalue weighted by Crippen LogP contribution is -1.93. The number of hydrogen-bond donors (Lipinski definition) is 0. The molecule has 0 aromatic heterocycles. The summed E-state index contributed by atoms with van der Waals surface area (Å²) in [6.07, 6.45) is 3.05. The van der Waals surface area contributed by atoms with Crippen LogP contribution in [0.1, 0.15) is 15.9 Å². The van der Waals surface area contributed by atoms with Crippen LogP contribution in [0.4, 0.5) is 0 Å². The van der Waals surface area contributed by atoms with Gasteiger partial charge < -0.3 is 0 Å². The van der Waals surface area contributed by atoms with Gasteiger partial charge in [-0.25, -0.2) is 0 Å². The first-order valence-electron chi connectivity index (χ1n) is 5.50. The normalized spacial score (nSPS) is 10.9.